The van der Waals surface area contributed by atoms with Crippen molar-refractivity contribution in [2.75, 3.05) is 13.1 Å². The zero-order valence-electron chi connectivity index (χ0n) is 11.2. The molecule has 0 bridgehead atoms. The molecule has 0 radical (unpaired) electrons. The summed E-state index contributed by atoms with van der Waals surface area (Å²) in [5.74, 6) is 0. The van der Waals surface area contributed by atoms with Crippen LogP contribution in [0.3, 0.4) is 0 Å². The third-order valence-corrected chi connectivity index (χ3v) is 4.49. The lowest BCUT2D eigenvalue weighted by atomic mass is 9.96. The Bertz CT molecular complexity index is 379. The maximum atomic E-state index is 4.20. The van der Waals surface area contributed by atoms with Gasteiger partial charge in [-0.3, -0.25) is 4.98 Å². The van der Waals surface area contributed by atoms with E-state index in [0.717, 1.165) is 6.04 Å². The van der Waals surface area contributed by atoms with Gasteiger partial charge in [0.2, 0.25) is 0 Å². The Morgan fingerprint density at radius 3 is 3.17 bits per heavy atom. The molecule has 2 saturated heterocycles. The van der Waals surface area contributed by atoms with Crippen LogP contribution in [0.4, 0.5) is 0 Å². The van der Waals surface area contributed by atoms with Gasteiger partial charge in [0.15, 0.2) is 0 Å². The van der Waals surface area contributed by atoms with E-state index >= 15 is 0 Å². The number of hydrogen-bond donors (Lipinski definition) is 1. The van der Waals surface area contributed by atoms with Gasteiger partial charge < -0.3 is 10.2 Å². The zero-order valence-corrected chi connectivity index (χ0v) is 11.2. The summed E-state index contributed by atoms with van der Waals surface area (Å²) in [6.45, 7) is 4.86. The Kier molecular flexibility index (Phi) is 3.62. The maximum absolute atomic E-state index is 4.20. The van der Waals surface area contributed by atoms with E-state index < -0.39 is 0 Å². The molecule has 0 saturated carbocycles. The Hall–Kier alpha value is -0.930. The average molecular weight is 245 g/mol. The second-order valence-corrected chi connectivity index (χ2v) is 5.73. The van der Waals surface area contributed by atoms with Crippen LogP contribution < -0.4 is 5.32 Å². The summed E-state index contributed by atoms with van der Waals surface area (Å²) in [6, 6.07) is 6.12. The number of rotatable bonds is 3. The normalized spacial score (nSPS) is 30.1. The highest BCUT2D eigenvalue weighted by molar-refractivity contribution is 5.13. The van der Waals surface area contributed by atoms with Crippen molar-refractivity contribution in [2.24, 2.45) is 0 Å². The smallest absolute Gasteiger partial charge is 0.0315 e. The van der Waals surface area contributed by atoms with Gasteiger partial charge in [0, 0.05) is 30.5 Å². The lowest BCUT2D eigenvalue weighted by Crippen LogP contribution is -2.46. The predicted octanol–water partition coefficient (Wildman–Crippen LogP) is 2.36. The van der Waals surface area contributed by atoms with Gasteiger partial charge in [-0.1, -0.05) is 6.07 Å². The summed E-state index contributed by atoms with van der Waals surface area (Å²) in [5.41, 5.74) is 1.30. The van der Waals surface area contributed by atoms with E-state index in [1.807, 2.05) is 18.5 Å². The molecule has 0 amide bonds. The first kappa shape index (κ1) is 12.1. The van der Waals surface area contributed by atoms with Crippen LogP contribution in [-0.2, 0) is 0 Å². The predicted molar refractivity (Wildman–Crippen MR) is 73.4 cm³/mol. The molecule has 2 aliphatic heterocycles. The van der Waals surface area contributed by atoms with Gasteiger partial charge in [0.25, 0.3) is 0 Å². The summed E-state index contributed by atoms with van der Waals surface area (Å²) >= 11 is 0. The minimum atomic E-state index is 0.414. The third kappa shape index (κ3) is 2.57. The van der Waals surface area contributed by atoms with Crippen LogP contribution in [0.15, 0.2) is 24.5 Å². The molecule has 1 aromatic heterocycles. The highest BCUT2D eigenvalue weighted by Gasteiger charge is 2.31. The van der Waals surface area contributed by atoms with E-state index in [-0.39, 0.29) is 0 Å². The molecular weight excluding hydrogens is 222 g/mol. The monoisotopic (exact) mass is 245 g/mol. The highest BCUT2D eigenvalue weighted by Crippen LogP contribution is 2.28. The largest absolute Gasteiger partial charge is 0.307 e. The molecule has 1 N–H and O–H groups in total. The van der Waals surface area contributed by atoms with E-state index in [9.17, 15) is 0 Å². The van der Waals surface area contributed by atoms with Gasteiger partial charge in [-0.2, -0.15) is 0 Å². The number of piperidine rings is 1. The van der Waals surface area contributed by atoms with Crippen LogP contribution in [-0.4, -0.2) is 35.1 Å². The molecule has 3 heteroatoms. The quantitative estimate of drug-likeness (QED) is 0.886. The Morgan fingerprint density at radius 1 is 1.39 bits per heavy atom. The molecule has 1 aromatic rings. The topological polar surface area (TPSA) is 28.2 Å². The number of pyridine rings is 1. The second-order valence-electron chi connectivity index (χ2n) is 5.73. The SMILES string of the molecule is C[C@@H](NC1CCN2CCCC2C1)c1cccnc1. The first-order valence-corrected chi connectivity index (χ1v) is 7.23. The van der Waals surface area contributed by atoms with Crippen LogP contribution in [0.2, 0.25) is 0 Å². The number of nitrogens with zero attached hydrogens (tertiary/aromatic N) is 2. The third-order valence-electron chi connectivity index (χ3n) is 4.49. The van der Waals surface area contributed by atoms with Gasteiger partial charge in [0.1, 0.15) is 0 Å². The van der Waals surface area contributed by atoms with E-state index in [2.05, 4.69) is 28.2 Å². The molecule has 2 unspecified atom stereocenters. The number of aromatic nitrogens is 1. The number of fused-ring (bicyclic) bond motifs is 1. The van der Waals surface area contributed by atoms with Crippen LogP contribution in [0.1, 0.15) is 44.2 Å². The number of hydrogen-bond acceptors (Lipinski definition) is 3. The Morgan fingerprint density at radius 2 is 2.33 bits per heavy atom. The first-order chi connectivity index (χ1) is 8.83. The molecule has 2 fully saturated rings. The van der Waals surface area contributed by atoms with E-state index in [0.29, 0.717) is 12.1 Å². The van der Waals surface area contributed by atoms with Crippen molar-refractivity contribution in [3.63, 3.8) is 0 Å². The Balaban J connectivity index is 1.57. The summed E-state index contributed by atoms with van der Waals surface area (Å²) < 4.78 is 0. The average Bonchev–Trinajstić information content (AvgIpc) is 2.87. The van der Waals surface area contributed by atoms with Gasteiger partial charge in [0.05, 0.1) is 0 Å². The van der Waals surface area contributed by atoms with Gasteiger partial charge in [-0.25, -0.2) is 0 Å². The second kappa shape index (κ2) is 5.37. The van der Waals surface area contributed by atoms with E-state index in [1.54, 1.807) is 0 Å². The molecule has 3 atom stereocenters. The molecule has 18 heavy (non-hydrogen) atoms. The van der Waals surface area contributed by atoms with Crippen LogP contribution >= 0.6 is 0 Å². The van der Waals surface area contributed by atoms with Crippen LogP contribution in [0, 0.1) is 0 Å². The zero-order chi connectivity index (χ0) is 12.4. The highest BCUT2D eigenvalue weighted by atomic mass is 15.2. The fraction of sp³-hybridized carbons (Fsp3) is 0.667. The van der Waals surface area contributed by atoms with Crippen molar-refractivity contribution in [1.82, 2.24) is 15.2 Å². The molecule has 2 aliphatic rings. The molecule has 98 valence electrons. The minimum absolute atomic E-state index is 0.414. The van der Waals surface area contributed by atoms with Crippen LogP contribution in [0.25, 0.3) is 0 Å². The lowest BCUT2D eigenvalue weighted by Gasteiger charge is -2.36. The van der Waals surface area contributed by atoms with Crippen LogP contribution in [0.5, 0.6) is 0 Å². The fourth-order valence-corrected chi connectivity index (χ4v) is 3.46. The molecule has 0 aliphatic carbocycles. The van der Waals surface area contributed by atoms with Crippen molar-refractivity contribution in [3.05, 3.63) is 30.1 Å². The van der Waals surface area contributed by atoms with Gasteiger partial charge in [-0.15, -0.1) is 0 Å². The lowest BCUT2D eigenvalue weighted by molar-refractivity contribution is 0.162. The van der Waals surface area contributed by atoms with Crippen molar-refractivity contribution in [3.8, 4) is 0 Å². The molecular formula is C15H23N3. The van der Waals surface area contributed by atoms with Crippen molar-refractivity contribution < 1.29 is 0 Å². The molecule has 0 spiro atoms. The standard InChI is InChI=1S/C15H23N3/c1-12(13-4-2-7-16-11-13)17-14-6-9-18-8-3-5-15(18)10-14/h2,4,7,11-12,14-15,17H,3,5-6,8-10H2,1H3/t12-,14?,15?/m1/s1. The number of nitrogens with one attached hydrogen (secondary N) is 1. The van der Waals surface area contributed by atoms with E-state index in [4.69, 9.17) is 0 Å². The van der Waals surface area contributed by atoms with Gasteiger partial charge in [-0.05, 0) is 57.3 Å². The molecule has 3 rings (SSSR count). The summed E-state index contributed by atoms with van der Waals surface area (Å²) in [7, 11) is 0. The van der Waals surface area contributed by atoms with E-state index in [1.165, 1.54) is 44.3 Å². The summed E-state index contributed by atoms with van der Waals surface area (Å²) in [6.07, 6.45) is 9.23. The first-order valence-electron chi connectivity index (χ1n) is 7.23. The van der Waals surface area contributed by atoms with Crippen molar-refractivity contribution >= 4 is 0 Å². The summed E-state index contributed by atoms with van der Waals surface area (Å²) in [5, 5.41) is 3.78. The van der Waals surface area contributed by atoms with Gasteiger partial charge >= 0.3 is 0 Å². The Labute approximate surface area is 110 Å². The summed E-state index contributed by atoms with van der Waals surface area (Å²) in [4.78, 5) is 6.88. The molecule has 3 nitrogen and oxygen atoms in total. The maximum Gasteiger partial charge on any atom is 0.0315 e. The van der Waals surface area contributed by atoms with Crippen molar-refractivity contribution in [1.29, 1.82) is 0 Å². The minimum Gasteiger partial charge on any atom is -0.307 e. The molecule has 3 heterocycles. The molecule has 0 aromatic carbocycles. The van der Waals surface area contributed by atoms with Crippen molar-refractivity contribution in [2.45, 2.75) is 50.7 Å². The fourth-order valence-electron chi connectivity index (χ4n) is 3.46.